The first kappa shape index (κ1) is 20.5. The lowest BCUT2D eigenvalue weighted by molar-refractivity contribution is 0.0383. The highest BCUT2D eigenvalue weighted by atomic mass is 35.5. The van der Waals surface area contributed by atoms with Crippen molar-refractivity contribution in [2.75, 3.05) is 65.7 Å². The van der Waals surface area contributed by atoms with Gasteiger partial charge in [0, 0.05) is 44.8 Å². The fourth-order valence-electron chi connectivity index (χ4n) is 3.03. The van der Waals surface area contributed by atoms with Crippen LogP contribution in [-0.4, -0.2) is 89.2 Å². The maximum atomic E-state index is 12.7. The molecule has 3 rings (SSSR count). The molecular formula is C17H24ClN3O5S. The largest absolute Gasteiger partial charge is 0.379 e. The van der Waals surface area contributed by atoms with Crippen LogP contribution in [0.25, 0.3) is 0 Å². The molecule has 0 bridgehead atoms. The topological polar surface area (TPSA) is 88.2 Å². The van der Waals surface area contributed by atoms with Gasteiger partial charge in [0.1, 0.15) is 4.90 Å². The number of sulfonamides is 1. The zero-order valence-electron chi connectivity index (χ0n) is 15.0. The van der Waals surface area contributed by atoms with Crippen molar-refractivity contribution in [1.82, 2.24) is 14.5 Å². The molecule has 150 valence electrons. The highest BCUT2D eigenvalue weighted by molar-refractivity contribution is 7.89. The molecule has 0 unspecified atom stereocenters. The molecule has 1 N–H and O–H groups in total. The van der Waals surface area contributed by atoms with Gasteiger partial charge in [0.05, 0.1) is 31.5 Å². The molecule has 27 heavy (non-hydrogen) atoms. The Morgan fingerprint density at radius 1 is 1.07 bits per heavy atom. The molecule has 0 saturated carbocycles. The Morgan fingerprint density at radius 2 is 1.70 bits per heavy atom. The number of morpholine rings is 2. The quantitative estimate of drug-likeness (QED) is 0.721. The van der Waals surface area contributed by atoms with Crippen LogP contribution in [0.4, 0.5) is 0 Å². The van der Waals surface area contributed by atoms with Gasteiger partial charge in [-0.05, 0) is 18.2 Å². The second kappa shape index (κ2) is 9.31. The predicted octanol–water partition coefficient (Wildman–Crippen LogP) is 0.423. The van der Waals surface area contributed by atoms with Gasteiger partial charge in [0.25, 0.3) is 5.91 Å². The number of amides is 1. The van der Waals surface area contributed by atoms with Gasteiger partial charge in [-0.25, -0.2) is 8.42 Å². The van der Waals surface area contributed by atoms with Crippen molar-refractivity contribution in [3.05, 3.63) is 28.8 Å². The van der Waals surface area contributed by atoms with E-state index in [-0.39, 0.29) is 15.8 Å². The smallest absolute Gasteiger partial charge is 0.251 e. The van der Waals surface area contributed by atoms with E-state index in [1.807, 2.05) is 0 Å². The molecule has 2 heterocycles. The lowest BCUT2D eigenvalue weighted by Crippen LogP contribution is -2.41. The van der Waals surface area contributed by atoms with Crippen molar-refractivity contribution in [3.8, 4) is 0 Å². The Morgan fingerprint density at radius 3 is 2.33 bits per heavy atom. The number of halogens is 1. The van der Waals surface area contributed by atoms with E-state index in [0.29, 0.717) is 51.6 Å². The lowest BCUT2D eigenvalue weighted by atomic mass is 10.2. The summed E-state index contributed by atoms with van der Waals surface area (Å²) in [6.45, 7) is 5.69. The van der Waals surface area contributed by atoms with Gasteiger partial charge in [-0.3, -0.25) is 9.69 Å². The second-order valence-electron chi connectivity index (χ2n) is 6.37. The number of carbonyl (C=O) groups is 1. The predicted molar refractivity (Wildman–Crippen MR) is 101 cm³/mol. The van der Waals surface area contributed by atoms with Gasteiger partial charge in [0.2, 0.25) is 10.0 Å². The van der Waals surface area contributed by atoms with Gasteiger partial charge in [0.15, 0.2) is 0 Å². The molecule has 2 aliphatic rings. The van der Waals surface area contributed by atoms with Crippen molar-refractivity contribution in [2.24, 2.45) is 0 Å². The first-order valence-electron chi connectivity index (χ1n) is 8.94. The molecule has 10 heteroatoms. The lowest BCUT2D eigenvalue weighted by Gasteiger charge is -2.26. The molecule has 0 aromatic heterocycles. The summed E-state index contributed by atoms with van der Waals surface area (Å²) >= 11 is 6.19. The zero-order chi connectivity index (χ0) is 19.3. The number of hydrogen-bond donors (Lipinski definition) is 1. The molecule has 0 spiro atoms. The first-order valence-corrected chi connectivity index (χ1v) is 10.8. The molecule has 0 radical (unpaired) electrons. The summed E-state index contributed by atoms with van der Waals surface area (Å²) in [5, 5.41) is 2.88. The third kappa shape index (κ3) is 5.18. The van der Waals surface area contributed by atoms with Gasteiger partial charge in [-0.15, -0.1) is 0 Å². The fraction of sp³-hybridized carbons (Fsp3) is 0.588. The van der Waals surface area contributed by atoms with Gasteiger partial charge in [-0.2, -0.15) is 4.31 Å². The molecule has 2 aliphatic heterocycles. The number of nitrogens with one attached hydrogen (secondary N) is 1. The van der Waals surface area contributed by atoms with Gasteiger partial charge < -0.3 is 14.8 Å². The van der Waals surface area contributed by atoms with Crippen LogP contribution < -0.4 is 5.32 Å². The summed E-state index contributed by atoms with van der Waals surface area (Å²) in [4.78, 5) is 14.5. The number of hydrogen-bond acceptors (Lipinski definition) is 6. The van der Waals surface area contributed by atoms with Crippen molar-refractivity contribution < 1.29 is 22.7 Å². The minimum Gasteiger partial charge on any atom is -0.379 e. The number of benzene rings is 1. The molecule has 8 nitrogen and oxygen atoms in total. The van der Waals surface area contributed by atoms with Crippen LogP contribution in [0, 0.1) is 0 Å². The average molecular weight is 418 g/mol. The molecule has 0 aliphatic carbocycles. The van der Waals surface area contributed by atoms with Gasteiger partial charge in [-0.1, -0.05) is 11.6 Å². The SMILES string of the molecule is O=C(NCCN1CCOCC1)c1ccc(S(=O)(=O)N2CCOCC2)c(Cl)c1. The van der Waals surface area contributed by atoms with Crippen molar-refractivity contribution in [1.29, 1.82) is 0 Å². The number of carbonyl (C=O) groups excluding carboxylic acids is 1. The highest BCUT2D eigenvalue weighted by Crippen LogP contribution is 2.26. The average Bonchev–Trinajstić information content (AvgIpc) is 2.69. The normalized spacial score (nSPS) is 19.7. The number of rotatable bonds is 6. The van der Waals surface area contributed by atoms with Gasteiger partial charge >= 0.3 is 0 Å². The fourth-order valence-corrected chi connectivity index (χ4v) is 4.96. The van der Waals surface area contributed by atoms with E-state index in [2.05, 4.69) is 10.2 Å². The Kier molecular flexibility index (Phi) is 7.07. The van der Waals surface area contributed by atoms with Crippen LogP contribution in [0.5, 0.6) is 0 Å². The van der Waals surface area contributed by atoms with Crippen molar-refractivity contribution in [3.63, 3.8) is 0 Å². The Hall–Kier alpha value is -1.23. The molecule has 1 aromatic rings. The maximum absolute atomic E-state index is 12.7. The minimum atomic E-state index is -3.70. The molecular weight excluding hydrogens is 394 g/mol. The maximum Gasteiger partial charge on any atom is 0.251 e. The summed E-state index contributed by atoms with van der Waals surface area (Å²) in [6, 6.07) is 4.28. The number of ether oxygens (including phenoxy) is 2. The van der Waals surface area contributed by atoms with E-state index in [0.717, 1.165) is 19.6 Å². The molecule has 2 saturated heterocycles. The van der Waals surface area contributed by atoms with E-state index in [4.69, 9.17) is 21.1 Å². The molecule has 1 amide bonds. The van der Waals surface area contributed by atoms with Crippen LogP contribution in [0.1, 0.15) is 10.4 Å². The van der Waals surface area contributed by atoms with E-state index < -0.39 is 10.0 Å². The highest BCUT2D eigenvalue weighted by Gasteiger charge is 2.28. The van der Waals surface area contributed by atoms with Crippen LogP contribution in [0.3, 0.4) is 0 Å². The van der Waals surface area contributed by atoms with Crippen LogP contribution >= 0.6 is 11.6 Å². The zero-order valence-corrected chi connectivity index (χ0v) is 16.6. The van der Waals surface area contributed by atoms with Crippen molar-refractivity contribution >= 4 is 27.5 Å². The van der Waals surface area contributed by atoms with E-state index in [9.17, 15) is 13.2 Å². The van der Waals surface area contributed by atoms with Crippen molar-refractivity contribution in [2.45, 2.75) is 4.90 Å². The molecule has 0 atom stereocenters. The van der Waals surface area contributed by atoms with Crippen LogP contribution in [0.15, 0.2) is 23.1 Å². The third-order valence-corrected chi connectivity index (χ3v) is 6.98. The molecule has 2 fully saturated rings. The second-order valence-corrected chi connectivity index (χ2v) is 8.69. The third-order valence-electron chi connectivity index (χ3n) is 4.60. The Labute approximate surface area is 164 Å². The van der Waals surface area contributed by atoms with E-state index in [1.54, 1.807) is 0 Å². The monoisotopic (exact) mass is 417 g/mol. The Bertz CT molecular complexity index is 762. The standard InChI is InChI=1S/C17H24ClN3O5S/c18-15-13-14(17(22)19-3-4-20-5-9-25-10-6-20)1-2-16(15)27(23,24)21-7-11-26-12-8-21/h1-2,13H,3-12H2,(H,19,22). The van der Waals surface area contributed by atoms with E-state index in [1.165, 1.54) is 22.5 Å². The summed E-state index contributed by atoms with van der Waals surface area (Å²) in [6.07, 6.45) is 0. The van der Waals surface area contributed by atoms with E-state index >= 15 is 0 Å². The summed E-state index contributed by atoms with van der Waals surface area (Å²) in [5.74, 6) is -0.277. The Balaban J connectivity index is 1.60. The first-order chi connectivity index (χ1) is 13.0. The number of nitrogens with zero attached hydrogens (tertiary/aromatic N) is 2. The van der Waals surface area contributed by atoms with Crippen LogP contribution in [0.2, 0.25) is 5.02 Å². The summed E-state index contributed by atoms with van der Waals surface area (Å²) in [7, 11) is -3.70. The summed E-state index contributed by atoms with van der Waals surface area (Å²) in [5.41, 5.74) is 0.336. The van der Waals surface area contributed by atoms with Crippen LogP contribution in [-0.2, 0) is 19.5 Å². The molecule has 1 aromatic carbocycles. The summed E-state index contributed by atoms with van der Waals surface area (Å²) < 4.78 is 37.2. The minimum absolute atomic E-state index is 0.0101.